The monoisotopic (exact) mass is 340 g/mol. The molecule has 2 heterocycles. The molecule has 0 radical (unpaired) electrons. The van der Waals surface area contributed by atoms with Crippen molar-refractivity contribution < 1.29 is 23.4 Å². The minimum Gasteiger partial charge on any atom is -0.467 e. The number of carbonyl (C=O) groups excluding carboxylic acids is 1. The molecule has 2 rings (SSSR count). The summed E-state index contributed by atoms with van der Waals surface area (Å²) in [4.78, 5) is 18.3. The Balaban J connectivity index is 1.79. The quantitative estimate of drug-likeness (QED) is 0.609. The third-order valence-corrected chi connectivity index (χ3v) is 4.15. The van der Waals surface area contributed by atoms with Gasteiger partial charge in [-0.1, -0.05) is 0 Å². The van der Waals surface area contributed by atoms with Gasteiger partial charge in [0.1, 0.15) is 5.69 Å². The average molecular weight is 340 g/mol. The van der Waals surface area contributed by atoms with Crippen LogP contribution in [0.1, 0.15) is 44.7 Å². The Morgan fingerprint density at radius 2 is 2.21 bits per heavy atom. The van der Waals surface area contributed by atoms with Gasteiger partial charge in [-0.05, 0) is 33.6 Å². The molecular weight excluding hydrogens is 312 g/mol. The molecule has 1 aromatic rings. The molecule has 0 saturated carbocycles. The summed E-state index contributed by atoms with van der Waals surface area (Å²) in [5.41, 5.74) is 0.751. The van der Waals surface area contributed by atoms with Gasteiger partial charge < -0.3 is 23.5 Å². The molecule has 7 nitrogen and oxygen atoms in total. The maximum atomic E-state index is 12.1. The molecule has 0 aromatic carbocycles. The van der Waals surface area contributed by atoms with Crippen LogP contribution in [-0.4, -0.2) is 55.0 Å². The van der Waals surface area contributed by atoms with Gasteiger partial charge in [0.05, 0.1) is 19.8 Å². The van der Waals surface area contributed by atoms with Gasteiger partial charge in [-0.2, -0.15) is 0 Å². The van der Waals surface area contributed by atoms with E-state index < -0.39 is 0 Å². The number of oxazole rings is 1. The van der Waals surface area contributed by atoms with E-state index in [1.54, 1.807) is 7.11 Å². The second kappa shape index (κ2) is 9.03. The first-order valence-corrected chi connectivity index (χ1v) is 8.58. The Labute approximate surface area is 143 Å². The van der Waals surface area contributed by atoms with E-state index in [1.165, 1.54) is 0 Å². The summed E-state index contributed by atoms with van der Waals surface area (Å²) >= 11 is 0. The average Bonchev–Trinajstić information content (AvgIpc) is 3.09. The van der Waals surface area contributed by atoms with E-state index >= 15 is 0 Å². The molecule has 1 fully saturated rings. The number of amides is 1. The van der Waals surface area contributed by atoms with Crippen molar-refractivity contribution in [3.05, 3.63) is 11.6 Å². The number of hydrogen-bond acceptors (Lipinski definition) is 6. The second-order valence-electron chi connectivity index (χ2n) is 5.92. The van der Waals surface area contributed by atoms with E-state index in [-0.39, 0.29) is 18.2 Å². The fraction of sp³-hybridized carbons (Fsp3) is 0.765. The molecule has 0 bridgehead atoms. The van der Waals surface area contributed by atoms with Gasteiger partial charge in [-0.25, -0.2) is 4.98 Å². The highest BCUT2D eigenvalue weighted by molar-refractivity contribution is 5.78. The fourth-order valence-corrected chi connectivity index (χ4v) is 2.94. The standard InChI is InChI=1S/C17H28N2O5/c1-5-22-13(3)23-11-14-8-9-16(20)19(14)10-6-7-15-18-12(2)17(21-4)24-15/h13-14H,5-11H2,1-4H3/t13?,14-/m0/s1. The SMILES string of the molecule is CCOC(C)OC[C@@H]1CCC(=O)N1CCCc1nc(C)c(OC)o1. The maximum absolute atomic E-state index is 12.1. The summed E-state index contributed by atoms with van der Waals surface area (Å²) in [5.74, 6) is 1.29. The molecule has 1 unspecified atom stereocenters. The van der Waals surface area contributed by atoms with Crippen LogP contribution >= 0.6 is 0 Å². The fourth-order valence-electron chi connectivity index (χ4n) is 2.94. The zero-order valence-corrected chi connectivity index (χ0v) is 15.0. The smallest absolute Gasteiger partial charge is 0.307 e. The molecule has 2 atom stereocenters. The van der Waals surface area contributed by atoms with Crippen LogP contribution < -0.4 is 4.74 Å². The summed E-state index contributed by atoms with van der Waals surface area (Å²) in [6.45, 7) is 7.47. The molecular formula is C17H28N2O5. The number of methoxy groups -OCH3 is 1. The van der Waals surface area contributed by atoms with Crippen LogP contribution in [0.4, 0.5) is 0 Å². The van der Waals surface area contributed by atoms with E-state index in [2.05, 4.69) is 4.98 Å². The number of aryl methyl sites for hydroxylation is 2. The first kappa shape index (κ1) is 18.7. The Bertz CT molecular complexity index is 531. The molecule has 1 aliphatic rings. The summed E-state index contributed by atoms with van der Waals surface area (Å²) in [5, 5.41) is 0. The second-order valence-corrected chi connectivity index (χ2v) is 5.92. The number of carbonyl (C=O) groups is 1. The van der Waals surface area contributed by atoms with Gasteiger partial charge in [0.2, 0.25) is 5.91 Å². The van der Waals surface area contributed by atoms with Crippen molar-refractivity contribution in [2.75, 3.05) is 26.9 Å². The zero-order chi connectivity index (χ0) is 17.5. The number of rotatable bonds is 10. The van der Waals surface area contributed by atoms with Crippen LogP contribution in [0.15, 0.2) is 4.42 Å². The van der Waals surface area contributed by atoms with Gasteiger partial charge in [0.15, 0.2) is 12.2 Å². The van der Waals surface area contributed by atoms with Crippen LogP contribution in [0.3, 0.4) is 0 Å². The molecule has 1 aromatic heterocycles. The van der Waals surface area contributed by atoms with E-state index in [1.807, 2.05) is 25.7 Å². The van der Waals surface area contributed by atoms with Gasteiger partial charge >= 0.3 is 5.95 Å². The predicted octanol–water partition coefficient (Wildman–Crippen LogP) is 2.31. The van der Waals surface area contributed by atoms with Crippen molar-refractivity contribution in [3.63, 3.8) is 0 Å². The van der Waals surface area contributed by atoms with Crippen LogP contribution in [0.25, 0.3) is 0 Å². The summed E-state index contributed by atoms with van der Waals surface area (Å²) in [6, 6.07) is 0.126. The van der Waals surface area contributed by atoms with Gasteiger partial charge in [-0.3, -0.25) is 4.79 Å². The largest absolute Gasteiger partial charge is 0.467 e. The summed E-state index contributed by atoms with van der Waals surface area (Å²) in [7, 11) is 1.56. The Morgan fingerprint density at radius 3 is 2.88 bits per heavy atom. The molecule has 1 aliphatic heterocycles. The Hall–Kier alpha value is -1.60. The van der Waals surface area contributed by atoms with E-state index in [9.17, 15) is 4.79 Å². The minimum absolute atomic E-state index is 0.126. The van der Waals surface area contributed by atoms with Crippen molar-refractivity contribution >= 4 is 5.91 Å². The minimum atomic E-state index is -0.240. The van der Waals surface area contributed by atoms with Crippen molar-refractivity contribution in [2.24, 2.45) is 0 Å². The first-order valence-electron chi connectivity index (χ1n) is 8.58. The van der Waals surface area contributed by atoms with Gasteiger partial charge in [0, 0.05) is 26.0 Å². The lowest BCUT2D eigenvalue weighted by atomic mass is 10.2. The van der Waals surface area contributed by atoms with Gasteiger partial charge in [0.25, 0.3) is 0 Å². The van der Waals surface area contributed by atoms with Crippen molar-refractivity contribution in [2.45, 2.75) is 58.8 Å². The number of ether oxygens (including phenoxy) is 3. The number of aromatic nitrogens is 1. The lowest BCUT2D eigenvalue weighted by molar-refractivity contribution is -0.143. The molecule has 24 heavy (non-hydrogen) atoms. The molecule has 0 N–H and O–H groups in total. The Morgan fingerprint density at radius 1 is 1.42 bits per heavy atom. The Kier molecular flexibility index (Phi) is 7.05. The van der Waals surface area contributed by atoms with Crippen LogP contribution in [0, 0.1) is 6.92 Å². The van der Waals surface area contributed by atoms with Crippen LogP contribution in [-0.2, 0) is 20.7 Å². The highest BCUT2D eigenvalue weighted by Gasteiger charge is 2.31. The molecule has 0 spiro atoms. The van der Waals surface area contributed by atoms with E-state index in [4.69, 9.17) is 18.6 Å². The third-order valence-electron chi connectivity index (χ3n) is 4.15. The molecule has 7 heteroatoms. The van der Waals surface area contributed by atoms with Crippen LogP contribution in [0.2, 0.25) is 0 Å². The highest BCUT2D eigenvalue weighted by atomic mass is 16.7. The molecule has 1 amide bonds. The van der Waals surface area contributed by atoms with E-state index in [0.29, 0.717) is 44.4 Å². The topological polar surface area (TPSA) is 74.0 Å². The first-order chi connectivity index (χ1) is 11.5. The van der Waals surface area contributed by atoms with E-state index in [0.717, 1.165) is 18.5 Å². The van der Waals surface area contributed by atoms with Crippen molar-refractivity contribution in [3.8, 4) is 5.95 Å². The number of nitrogens with zero attached hydrogens (tertiary/aromatic N) is 2. The van der Waals surface area contributed by atoms with Crippen molar-refractivity contribution in [1.82, 2.24) is 9.88 Å². The molecule has 0 aliphatic carbocycles. The molecule has 1 saturated heterocycles. The predicted molar refractivity (Wildman–Crippen MR) is 87.9 cm³/mol. The molecule has 136 valence electrons. The maximum Gasteiger partial charge on any atom is 0.307 e. The van der Waals surface area contributed by atoms with Gasteiger partial charge in [-0.15, -0.1) is 0 Å². The summed E-state index contributed by atoms with van der Waals surface area (Å²) in [6.07, 6.45) is 2.66. The lowest BCUT2D eigenvalue weighted by Crippen LogP contribution is -2.38. The lowest BCUT2D eigenvalue weighted by Gasteiger charge is -2.25. The third kappa shape index (κ3) is 4.95. The van der Waals surface area contributed by atoms with Crippen LogP contribution in [0.5, 0.6) is 5.95 Å². The number of likely N-dealkylation sites (tertiary alicyclic amines) is 1. The number of hydrogen-bond donors (Lipinski definition) is 0. The summed E-state index contributed by atoms with van der Waals surface area (Å²) < 4.78 is 21.6. The normalized spacial score (nSPS) is 19.1. The zero-order valence-electron chi connectivity index (χ0n) is 15.0. The van der Waals surface area contributed by atoms with Crippen molar-refractivity contribution in [1.29, 1.82) is 0 Å². The highest BCUT2D eigenvalue weighted by Crippen LogP contribution is 2.22.